The molecule has 12 rings (SSSR count). The summed E-state index contributed by atoms with van der Waals surface area (Å²) < 4.78 is 49.6. The number of aromatic hydroxyl groups is 5. The van der Waals surface area contributed by atoms with Gasteiger partial charge in [-0.1, -0.05) is 132 Å². The number of hydrogen-bond acceptors (Lipinski definition) is 36. The van der Waals surface area contributed by atoms with Crippen LogP contribution in [0.2, 0.25) is 0 Å². The van der Waals surface area contributed by atoms with Crippen LogP contribution in [0.1, 0.15) is 155 Å². The van der Waals surface area contributed by atoms with Gasteiger partial charge in [0.2, 0.25) is 6.10 Å². The molecule has 2 saturated carbocycles. The fourth-order valence-corrected chi connectivity index (χ4v) is 16.3. The van der Waals surface area contributed by atoms with Crippen LogP contribution in [0.25, 0.3) is 12.2 Å². The molecule has 39 nitrogen and oxygen atoms in total. The number of carboxylic acids is 3. The summed E-state index contributed by atoms with van der Waals surface area (Å²) in [6, 6.07) is 35.9. The number of aliphatic hydroxyl groups is 17. The summed E-state index contributed by atoms with van der Waals surface area (Å²) in [7, 11) is 0. The molecule has 25 N–H and O–H groups in total. The Kier molecular flexibility index (Phi) is 49.9. The largest absolute Gasteiger partial charge is 0.508 e. The third-order valence-electron chi connectivity index (χ3n) is 25.7. The Morgan fingerprint density at radius 2 is 0.986 bits per heavy atom. The van der Waals surface area contributed by atoms with Crippen molar-refractivity contribution in [2.24, 2.45) is 29.6 Å². The predicted octanol–water partition coefficient (Wildman–Crippen LogP) is 4.23. The Balaban J connectivity index is 0.000000277. The van der Waals surface area contributed by atoms with E-state index in [1.807, 2.05) is 39.0 Å². The van der Waals surface area contributed by atoms with E-state index in [0.29, 0.717) is 72.8 Å². The van der Waals surface area contributed by atoms with E-state index in [2.05, 4.69) is 42.0 Å². The average Bonchev–Trinajstić information content (AvgIpc) is 0.783. The first-order valence-corrected chi connectivity index (χ1v) is 47.6. The summed E-state index contributed by atoms with van der Waals surface area (Å²) >= 11 is 0. The van der Waals surface area contributed by atoms with Gasteiger partial charge in [-0.05, 0) is 222 Å². The number of aryl methyl sites for hydroxylation is 7. The number of esters is 2. The molecule has 6 aromatic rings. The summed E-state index contributed by atoms with van der Waals surface area (Å²) in [6.07, 6.45) is -18.0. The van der Waals surface area contributed by atoms with Crippen LogP contribution < -0.4 is 0 Å². The van der Waals surface area contributed by atoms with E-state index in [-0.39, 0.29) is 72.7 Å². The fraction of sp³-hybridized carbons (Fsp3) is 0.567. The van der Waals surface area contributed by atoms with E-state index in [0.717, 1.165) is 46.9 Å². The molecule has 0 bridgehead atoms. The molecular formula is C104H148O39. The van der Waals surface area contributed by atoms with Gasteiger partial charge < -0.3 is 170 Å². The number of phenolic OH excluding ortho intramolecular Hbond substituents is 5. The highest BCUT2D eigenvalue weighted by molar-refractivity contribution is 5.91. The molecule has 6 aromatic carbocycles. The number of benzene rings is 6. The van der Waals surface area contributed by atoms with E-state index in [1.165, 1.54) is 42.7 Å². The minimum Gasteiger partial charge on any atom is -0.508 e. The molecule has 798 valence electrons. The second-order valence-corrected chi connectivity index (χ2v) is 37.7. The quantitative estimate of drug-likeness (QED) is 0.0231. The Labute approximate surface area is 831 Å². The Bertz CT molecular complexity index is 4930. The van der Waals surface area contributed by atoms with Crippen molar-refractivity contribution in [3.8, 4) is 28.7 Å². The van der Waals surface area contributed by atoms with Crippen molar-refractivity contribution in [1.29, 1.82) is 0 Å². The molecule has 0 radical (unpaired) electrons. The minimum absolute atomic E-state index is 0.0197. The lowest BCUT2D eigenvalue weighted by molar-refractivity contribution is -0.331. The van der Waals surface area contributed by atoms with Gasteiger partial charge in [-0.2, -0.15) is 0 Å². The van der Waals surface area contributed by atoms with Gasteiger partial charge in [-0.3, -0.25) is 9.59 Å². The molecule has 2 aliphatic carbocycles. The van der Waals surface area contributed by atoms with Crippen LogP contribution in [-0.4, -0.2) is 349 Å². The van der Waals surface area contributed by atoms with Crippen LogP contribution in [-0.2, 0) is 92.3 Å². The van der Waals surface area contributed by atoms with Gasteiger partial charge in [-0.15, -0.1) is 0 Å². The van der Waals surface area contributed by atoms with Crippen LogP contribution in [0.3, 0.4) is 0 Å². The highest BCUT2D eigenvalue weighted by Gasteiger charge is 2.52. The fourth-order valence-electron chi connectivity index (χ4n) is 16.3. The van der Waals surface area contributed by atoms with Gasteiger partial charge in [-0.25, -0.2) is 14.4 Å². The second-order valence-electron chi connectivity index (χ2n) is 37.7. The number of carbonyl (C=O) groups is 5. The van der Waals surface area contributed by atoms with Crippen LogP contribution in [0, 0.1) is 64.2 Å². The summed E-state index contributed by atoms with van der Waals surface area (Å²) in [5, 5.41) is 243. The molecule has 6 aliphatic rings. The number of rotatable bonds is 29. The van der Waals surface area contributed by atoms with Crippen LogP contribution >= 0.6 is 0 Å². The molecule has 143 heavy (non-hydrogen) atoms. The minimum atomic E-state index is -1.78. The maximum Gasteiger partial charge on any atom is 0.345 e. The molecule has 23 unspecified atom stereocenters. The number of aliphatic carboxylic acids is 3. The second kappa shape index (κ2) is 58.5. The molecule has 4 heterocycles. The number of hydrogen-bond donors (Lipinski definition) is 25. The first-order chi connectivity index (χ1) is 67.2. The molecule has 0 amide bonds. The third kappa shape index (κ3) is 37.6. The maximum absolute atomic E-state index is 12.8. The van der Waals surface area contributed by atoms with Crippen LogP contribution in [0.4, 0.5) is 0 Å². The normalized spacial score (nSPS) is 30.5. The SMILES string of the molecule is CC1CC(C)(O)CC(O)C1O.CC1OCC(O)[C@@H](O)[C@H]1O.CCCc1ccccc1.Cc1cc(CCO[C@@H]2OC(CO[C@@H]3OC(CO)[C@@H](O)[C@@H](O)C3O)[C@@H](OC(=O)/C=C/c3ccc(C)c(O)c3)[C@@H](O)C2O)ccc1O.Cc1ccc(/C=C/C(=O)OC(C(=O)O)C(C)C(=O)O)cc1O.Cc1ccc(CC(C)C(=O)O)cc1O.Cc1ccc(CCCC2OC(CO)C(C)C(OC3CC(C)C(O)C(O)C3O)C2O)cc1O. The first kappa shape index (κ1) is 122. The smallest absolute Gasteiger partial charge is 0.345 e. The maximum atomic E-state index is 12.8. The molecule has 0 spiro atoms. The van der Waals surface area contributed by atoms with E-state index >= 15 is 0 Å². The topological polar surface area (TPSA) is 674 Å². The third-order valence-corrected chi connectivity index (χ3v) is 25.7. The molecule has 6 fully saturated rings. The number of carbonyl (C=O) groups excluding carboxylic acids is 2. The average molecular weight is 2020 g/mol. The van der Waals surface area contributed by atoms with Gasteiger partial charge in [0.05, 0.1) is 93.4 Å². The lowest BCUT2D eigenvalue weighted by atomic mass is 9.77. The van der Waals surface area contributed by atoms with Gasteiger partial charge in [0.1, 0.15) is 114 Å². The molecule has 4 saturated heterocycles. The molecule has 31 atom stereocenters. The number of phenols is 5. The first-order valence-electron chi connectivity index (χ1n) is 47.6. The van der Waals surface area contributed by atoms with E-state index in [9.17, 15) is 121 Å². The van der Waals surface area contributed by atoms with Crippen molar-refractivity contribution in [3.63, 3.8) is 0 Å². The summed E-state index contributed by atoms with van der Waals surface area (Å²) in [4.78, 5) is 56.6. The lowest BCUT2D eigenvalue weighted by Gasteiger charge is -2.47. The van der Waals surface area contributed by atoms with Crippen molar-refractivity contribution in [1.82, 2.24) is 0 Å². The predicted molar refractivity (Wildman–Crippen MR) is 516 cm³/mol. The van der Waals surface area contributed by atoms with Crippen molar-refractivity contribution < 1.29 is 194 Å². The summed E-state index contributed by atoms with van der Waals surface area (Å²) in [5.74, 6) is -7.34. The lowest BCUT2D eigenvalue weighted by Crippen LogP contribution is -2.62. The van der Waals surface area contributed by atoms with E-state index in [4.69, 9.17) is 68.5 Å². The summed E-state index contributed by atoms with van der Waals surface area (Å²) in [5.41, 5.74) is 7.91. The molecule has 39 heteroatoms. The van der Waals surface area contributed by atoms with Crippen LogP contribution in [0.15, 0.2) is 133 Å². The zero-order valence-electron chi connectivity index (χ0n) is 82.7. The highest BCUT2D eigenvalue weighted by atomic mass is 16.7. The zero-order valence-corrected chi connectivity index (χ0v) is 82.7. The molecule has 0 aromatic heterocycles. The zero-order chi connectivity index (χ0) is 107. The monoisotopic (exact) mass is 2020 g/mol. The standard InChI is InChI=1S/C31H40O14.C24H38O8.C15H16O7.C11H14O3.C9H12.C8H16O3.C6H12O4/c1-15-3-4-17(12-20(15)34)6-8-23(35)45-29-22(14-42-31-27(39)25(37)24(36)21(13-32)43-31)44-30(28(40)26(29)38)41-10-9-18-5-7-19(33)16(2)11-18;1-12-7-8-15(10-16(12)26)5-4-6-17-22(29)24(14(3)19(11-25)31-17)32-18-9-13(2)20(27)23(30)21(18)28;1-8-3-4-10(7-11(8)16)5-6-12(17)22-13(15(20)21)9(2)14(18)19;1-7-3-4-9(6-10(7)12)5-8(2)11(13)14;1-2-6-9-7-4-3-5-8-9;1-5-3-8(2,11)4-6(9)7(5)10;1-3-5(8)6(9)4(7)2-10-3/h3-8,11-12,21-22,24-34,36-40H,9-10,13-14H2,1-2H3;7-8,10,13-14,17-30H,4-6,9,11H2,1-3H3;3-7,9,13,16H,1-2H3,(H,18,19)(H,20,21);3-4,6,8,12H,5H2,1-2H3,(H,13,14);3-5,7-8H,2,6H2,1H3;5-7,9-11H,3-4H2,1-2H3;3-9H,2H2,1H3/b8-6+;;6-5+;;;;/t21?,22?,24-,25-,26+,27?,28?,29-,30-,31-;;;;;;3?,4?,5-,6+/m1.....0/s1. The van der Waals surface area contributed by atoms with Crippen LogP contribution in [0.5, 0.6) is 28.7 Å². The van der Waals surface area contributed by atoms with Gasteiger partial charge in [0, 0.05) is 24.5 Å². The van der Waals surface area contributed by atoms with Crippen molar-refractivity contribution in [3.05, 3.63) is 195 Å². The summed E-state index contributed by atoms with van der Waals surface area (Å²) in [6.45, 7) is 21.3. The number of carboxylic acid groups (broad SMARTS) is 3. The van der Waals surface area contributed by atoms with Crippen molar-refractivity contribution in [2.45, 2.75) is 313 Å². The van der Waals surface area contributed by atoms with Gasteiger partial charge >= 0.3 is 29.8 Å². The van der Waals surface area contributed by atoms with Crippen molar-refractivity contribution in [2.75, 3.05) is 33.0 Å². The van der Waals surface area contributed by atoms with Gasteiger partial charge in [0.15, 0.2) is 18.7 Å². The van der Waals surface area contributed by atoms with E-state index in [1.54, 1.807) is 116 Å². The molecular weight excluding hydrogens is 1870 g/mol. The number of aliphatic hydroxyl groups excluding tert-OH is 16. The Morgan fingerprint density at radius 1 is 0.462 bits per heavy atom. The number of ether oxygens (including phenoxy) is 9. The van der Waals surface area contributed by atoms with Gasteiger partial charge in [0.25, 0.3) is 0 Å². The Morgan fingerprint density at radius 3 is 1.52 bits per heavy atom. The Hall–Kier alpha value is -9.81. The van der Waals surface area contributed by atoms with E-state index < -0.39 is 213 Å². The molecule has 4 aliphatic heterocycles. The van der Waals surface area contributed by atoms with Crippen molar-refractivity contribution >= 4 is 42.0 Å². The highest BCUT2D eigenvalue weighted by Crippen LogP contribution is 2.38.